The van der Waals surface area contributed by atoms with Gasteiger partial charge in [-0.25, -0.2) is 9.97 Å². The number of anilines is 1. The Morgan fingerprint density at radius 2 is 1.96 bits per heavy atom. The van der Waals surface area contributed by atoms with Crippen molar-refractivity contribution in [3.05, 3.63) is 44.5 Å². The van der Waals surface area contributed by atoms with E-state index in [9.17, 15) is 0 Å². The molecule has 0 aliphatic heterocycles. The first-order valence-electron chi connectivity index (χ1n) is 9.59. The van der Waals surface area contributed by atoms with Crippen LogP contribution in [0.15, 0.2) is 18.2 Å². The summed E-state index contributed by atoms with van der Waals surface area (Å²) in [5.74, 6) is 2.87. The maximum atomic E-state index is 6.58. The summed E-state index contributed by atoms with van der Waals surface area (Å²) in [6, 6.07) is 5.79. The van der Waals surface area contributed by atoms with Crippen LogP contribution in [0.1, 0.15) is 54.3 Å². The molecular weight excluding hydrogens is 413 g/mol. The minimum absolute atomic E-state index is 0.440. The zero-order valence-corrected chi connectivity index (χ0v) is 18.3. The summed E-state index contributed by atoms with van der Waals surface area (Å²) in [4.78, 5) is 11.8. The lowest BCUT2D eigenvalue weighted by Crippen LogP contribution is -2.11. The molecule has 2 heterocycles. The molecule has 0 atom stereocenters. The standard InChI is InChI=1S/C21H23Cl2N3OS/c1-12-18(23)17-20(24-11-13-8-9-16(27-2)15(22)10-13)25-19(26-21(17)28-12)14-6-4-3-5-7-14/h8-10,14H,3-7,11H2,1-2H3,(H,24,25,26). The Kier molecular flexibility index (Phi) is 5.95. The van der Waals surface area contributed by atoms with Crippen LogP contribution in [0.2, 0.25) is 10.0 Å². The number of nitrogens with zero attached hydrogens (tertiary/aromatic N) is 2. The zero-order valence-electron chi connectivity index (χ0n) is 16.0. The van der Waals surface area contributed by atoms with Gasteiger partial charge < -0.3 is 10.1 Å². The molecule has 1 aromatic carbocycles. The molecule has 0 saturated heterocycles. The van der Waals surface area contributed by atoms with Crippen LogP contribution in [-0.2, 0) is 6.54 Å². The number of methoxy groups -OCH3 is 1. The van der Waals surface area contributed by atoms with Crippen LogP contribution in [0, 0.1) is 6.92 Å². The number of nitrogens with one attached hydrogen (secondary N) is 1. The highest BCUT2D eigenvalue weighted by Crippen LogP contribution is 2.40. The second-order valence-corrected chi connectivity index (χ2v) is 9.23. The average molecular weight is 436 g/mol. The summed E-state index contributed by atoms with van der Waals surface area (Å²) in [7, 11) is 1.62. The van der Waals surface area contributed by atoms with Crippen molar-refractivity contribution in [2.45, 2.75) is 51.5 Å². The number of hydrogen-bond donors (Lipinski definition) is 1. The summed E-state index contributed by atoms with van der Waals surface area (Å²) in [5, 5.41) is 5.73. The van der Waals surface area contributed by atoms with E-state index in [2.05, 4.69) is 5.32 Å². The van der Waals surface area contributed by atoms with E-state index < -0.39 is 0 Å². The molecule has 28 heavy (non-hydrogen) atoms. The molecule has 1 aliphatic carbocycles. The number of aryl methyl sites for hydroxylation is 1. The molecule has 0 radical (unpaired) electrons. The molecule has 148 valence electrons. The van der Waals surface area contributed by atoms with Crippen molar-refractivity contribution in [2.24, 2.45) is 0 Å². The monoisotopic (exact) mass is 435 g/mol. The molecule has 0 unspecified atom stereocenters. The molecule has 1 fully saturated rings. The average Bonchev–Trinajstić information content (AvgIpc) is 3.00. The molecule has 4 nitrogen and oxygen atoms in total. The largest absolute Gasteiger partial charge is 0.495 e. The lowest BCUT2D eigenvalue weighted by Gasteiger charge is -2.21. The number of fused-ring (bicyclic) bond motifs is 1. The highest BCUT2D eigenvalue weighted by Gasteiger charge is 2.22. The SMILES string of the molecule is COc1ccc(CNc2nc(C3CCCCC3)nc3sc(C)c(Cl)c23)cc1Cl. The third-order valence-corrected chi connectivity index (χ3v) is 7.20. The third kappa shape index (κ3) is 3.93. The minimum Gasteiger partial charge on any atom is -0.495 e. The van der Waals surface area contributed by atoms with E-state index >= 15 is 0 Å². The zero-order chi connectivity index (χ0) is 19.7. The number of halogens is 2. The molecule has 1 saturated carbocycles. The molecule has 1 N–H and O–H groups in total. The summed E-state index contributed by atoms with van der Waals surface area (Å²) >= 11 is 14.5. The predicted molar refractivity (Wildman–Crippen MR) is 118 cm³/mol. The van der Waals surface area contributed by atoms with Gasteiger partial charge in [-0.05, 0) is 37.5 Å². The normalized spacial score (nSPS) is 15.1. The number of hydrogen-bond acceptors (Lipinski definition) is 5. The van der Waals surface area contributed by atoms with Gasteiger partial charge in [-0.15, -0.1) is 11.3 Å². The molecule has 0 bridgehead atoms. The fourth-order valence-corrected chi connectivity index (χ4v) is 5.32. The van der Waals surface area contributed by atoms with Gasteiger partial charge in [-0.3, -0.25) is 0 Å². The van der Waals surface area contributed by atoms with Crippen molar-refractivity contribution in [3.8, 4) is 5.75 Å². The summed E-state index contributed by atoms with van der Waals surface area (Å²) in [6.07, 6.45) is 6.15. The number of benzene rings is 1. The Morgan fingerprint density at radius 1 is 1.18 bits per heavy atom. The molecule has 7 heteroatoms. The first-order chi connectivity index (χ1) is 13.6. The van der Waals surface area contributed by atoms with Gasteiger partial charge in [0.15, 0.2) is 0 Å². The molecule has 0 spiro atoms. The van der Waals surface area contributed by atoms with Gasteiger partial charge in [0.25, 0.3) is 0 Å². The van der Waals surface area contributed by atoms with Crippen molar-refractivity contribution >= 4 is 50.6 Å². The number of thiophene rings is 1. The van der Waals surface area contributed by atoms with Crippen molar-refractivity contribution < 1.29 is 4.74 Å². The van der Waals surface area contributed by atoms with E-state index in [0.717, 1.165) is 50.2 Å². The number of rotatable bonds is 5. The van der Waals surface area contributed by atoms with Gasteiger partial charge in [0.2, 0.25) is 0 Å². The van der Waals surface area contributed by atoms with Gasteiger partial charge in [0.05, 0.1) is 22.5 Å². The van der Waals surface area contributed by atoms with Crippen LogP contribution in [0.5, 0.6) is 5.75 Å². The van der Waals surface area contributed by atoms with Crippen molar-refractivity contribution in [2.75, 3.05) is 12.4 Å². The highest BCUT2D eigenvalue weighted by atomic mass is 35.5. The van der Waals surface area contributed by atoms with E-state index in [0.29, 0.717) is 23.2 Å². The predicted octanol–water partition coefficient (Wildman–Crippen LogP) is 6.97. The minimum atomic E-state index is 0.440. The Labute approximate surface area is 179 Å². The smallest absolute Gasteiger partial charge is 0.140 e. The first kappa shape index (κ1) is 19.7. The topological polar surface area (TPSA) is 47.0 Å². The fraction of sp³-hybridized carbons (Fsp3) is 0.429. The van der Waals surface area contributed by atoms with Crippen LogP contribution in [0.4, 0.5) is 5.82 Å². The molecule has 1 aliphatic rings. The van der Waals surface area contributed by atoms with Crippen LogP contribution in [0.3, 0.4) is 0 Å². The second-order valence-electron chi connectivity index (χ2n) is 7.24. The number of ether oxygens (including phenoxy) is 1. The van der Waals surface area contributed by atoms with Gasteiger partial charge in [-0.1, -0.05) is 48.5 Å². The van der Waals surface area contributed by atoms with Crippen LogP contribution in [-0.4, -0.2) is 17.1 Å². The lowest BCUT2D eigenvalue weighted by atomic mass is 9.88. The van der Waals surface area contributed by atoms with E-state index in [4.69, 9.17) is 37.9 Å². The van der Waals surface area contributed by atoms with Gasteiger partial charge in [0.1, 0.15) is 22.2 Å². The molecule has 3 aromatic rings. The molecule has 0 amide bonds. The maximum absolute atomic E-state index is 6.58. The maximum Gasteiger partial charge on any atom is 0.140 e. The van der Waals surface area contributed by atoms with E-state index in [1.165, 1.54) is 19.3 Å². The first-order valence-corrected chi connectivity index (χ1v) is 11.2. The summed E-state index contributed by atoms with van der Waals surface area (Å²) in [6.45, 7) is 2.63. The van der Waals surface area contributed by atoms with Crippen molar-refractivity contribution in [3.63, 3.8) is 0 Å². The number of aromatic nitrogens is 2. The molecular formula is C21H23Cl2N3OS. The van der Waals surface area contributed by atoms with Gasteiger partial charge in [-0.2, -0.15) is 0 Å². The Balaban J connectivity index is 1.66. The molecule has 2 aromatic heterocycles. The van der Waals surface area contributed by atoms with Crippen LogP contribution in [0.25, 0.3) is 10.2 Å². The third-order valence-electron chi connectivity index (χ3n) is 5.32. The second kappa shape index (κ2) is 8.44. The summed E-state index contributed by atoms with van der Waals surface area (Å²) < 4.78 is 5.23. The van der Waals surface area contributed by atoms with Crippen LogP contribution < -0.4 is 10.1 Å². The van der Waals surface area contributed by atoms with Crippen molar-refractivity contribution in [1.29, 1.82) is 0 Å². The summed E-state index contributed by atoms with van der Waals surface area (Å²) in [5.41, 5.74) is 1.06. The quantitative estimate of drug-likeness (QED) is 0.469. The Hall–Kier alpha value is -1.56. The Bertz CT molecular complexity index is 999. The molecule has 4 rings (SSSR count). The van der Waals surface area contributed by atoms with E-state index in [1.807, 2.05) is 25.1 Å². The lowest BCUT2D eigenvalue weighted by molar-refractivity contribution is 0.415. The van der Waals surface area contributed by atoms with E-state index in [1.54, 1.807) is 18.4 Å². The van der Waals surface area contributed by atoms with Crippen LogP contribution >= 0.6 is 34.5 Å². The van der Waals surface area contributed by atoms with Gasteiger partial charge in [0, 0.05) is 17.3 Å². The van der Waals surface area contributed by atoms with E-state index in [-0.39, 0.29) is 0 Å². The van der Waals surface area contributed by atoms with Crippen molar-refractivity contribution in [1.82, 2.24) is 9.97 Å². The Morgan fingerprint density at radius 3 is 2.68 bits per heavy atom. The highest BCUT2D eigenvalue weighted by molar-refractivity contribution is 7.19. The fourth-order valence-electron chi connectivity index (χ4n) is 3.77. The van der Waals surface area contributed by atoms with Gasteiger partial charge >= 0.3 is 0 Å².